The summed E-state index contributed by atoms with van der Waals surface area (Å²) in [6.45, 7) is 6.30. The van der Waals surface area contributed by atoms with E-state index >= 15 is 0 Å². The SMILES string of the molecule is Cl.Cl.O=C(C1CCCN1)N1CCC2(CCCN(Cc3ccccc3)C2)C1. The molecule has 3 heterocycles. The highest BCUT2D eigenvalue weighted by molar-refractivity contribution is 5.85. The van der Waals surface area contributed by atoms with Crippen molar-refractivity contribution in [3.8, 4) is 0 Å². The maximum absolute atomic E-state index is 12.7. The quantitative estimate of drug-likeness (QED) is 0.847. The van der Waals surface area contributed by atoms with Crippen molar-refractivity contribution >= 4 is 30.7 Å². The van der Waals surface area contributed by atoms with E-state index in [2.05, 4.69) is 45.4 Å². The number of nitrogens with zero attached hydrogens (tertiary/aromatic N) is 2. The van der Waals surface area contributed by atoms with E-state index < -0.39 is 0 Å². The maximum atomic E-state index is 12.7. The summed E-state index contributed by atoms with van der Waals surface area (Å²) >= 11 is 0. The number of benzene rings is 1. The predicted molar refractivity (Wildman–Crippen MR) is 110 cm³/mol. The summed E-state index contributed by atoms with van der Waals surface area (Å²) in [6, 6.07) is 10.9. The van der Waals surface area contributed by atoms with Gasteiger partial charge in [-0.25, -0.2) is 0 Å². The molecule has 1 spiro atoms. The second-order valence-electron chi connectivity index (χ2n) is 7.96. The maximum Gasteiger partial charge on any atom is 0.239 e. The van der Waals surface area contributed by atoms with Gasteiger partial charge < -0.3 is 10.2 Å². The zero-order valence-electron chi connectivity index (χ0n) is 15.4. The molecule has 4 nitrogen and oxygen atoms in total. The average Bonchev–Trinajstić information content (AvgIpc) is 3.26. The van der Waals surface area contributed by atoms with Gasteiger partial charge in [-0.1, -0.05) is 30.3 Å². The van der Waals surface area contributed by atoms with Crippen molar-refractivity contribution in [2.75, 3.05) is 32.7 Å². The number of hydrogen-bond donors (Lipinski definition) is 1. The van der Waals surface area contributed by atoms with Gasteiger partial charge in [0.2, 0.25) is 5.91 Å². The Bertz CT molecular complexity index is 580. The van der Waals surface area contributed by atoms with Crippen LogP contribution in [0.4, 0.5) is 0 Å². The summed E-state index contributed by atoms with van der Waals surface area (Å²) in [5.74, 6) is 0.351. The summed E-state index contributed by atoms with van der Waals surface area (Å²) in [6.07, 6.45) is 5.87. The normalized spacial score (nSPS) is 28.6. The summed E-state index contributed by atoms with van der Waals surface area (Å²) in [5, 5.41) is 3.36. The molecule has 0 radical (unpaired) electrons. The van der Waals surface area contributed by atoms with Crippen LogP contribution in [-0.2, 0) is 11.3 Å². The van der Waals surface area contributed by atoms with Crippen LogP contribution >= 0.6 is 24.8 Å². The molecular formula is C20H31Cl2N3O. The number of hydrogen-bond acceptors (Lipinski definition) is 3. The Hall–Kier alpha value is -0.810. The zero-order chi connectivity index (χ0) is 16.4. The van der Waals surface area contributed by atoms with E-state index in [9.17, 15) is 4.79 Å². The molecule has 1 aromatic carbocycles. The smallest absolute Gasteiger partial charge is 0.239 e. The summed E-state index contributed by atoms with van der Waals surface area (Å²) in [7, 11) is 0. The predicted octanol–water partition coefficient (Wildman–Crippen LogP) is 3.10. The van der Waals surface area contributed by atoms with Crippen molar-refractivity contribution in [1.82, 2.24) is 15.1 Å². The molecule has 1 amide bonds. The van der Waals surface area contributed by atoms with Gasteiger partial charge >= 0.3 is 0 Å². The molecule has 3 aliphatic rings. The molecule has 3 fully saturated rings. The van der Waals surface area contributed by atoms with Gasteiger partial charge in [0, 0.05) is 31.6 Å². The lowest BCUT2D eigenvalue weighted by molar-refractivity contribution is -0.132. The molecule has 0 saturated carbocycles. The van der Waals surface area contributed by atoms with Crippen LogP contribution in [0.1, 0.15) is 37.7 Å². The number of piperidine rings is 1. The highest BCUT2D eigenvalue weighted by Gasteiger charge is 2.43. The first kappa shape index (κ1) is 21.5. The minimum atomic E-state index is 0. The summed E-state index contributed by atoms with van der Waals surface area (Å²) in [5.41, 5.74) is 1.73. The van der Waals surface area contributed by atoms with Gasteiger partial charge in [0.15, 0.2) is 0 Å². The van der Waals surface area contributed by atoms with Crippen LogP contribution in [0.15, 0.2) is 30.3 Å². The van der Waals surface area contributed by atoms with E-state index in [1.807, 2.05) is 0 Å². The summed E-state index contributed by atoms with van der Waals surface area (Å²) < 4.78 is 0. The van der Waals surface area contributed by atoms with Crippen LogP contribution in [0.3, 0.4) is 0 Å². The van der Waals surface area contributed by atoms with Gasteiger partial charge in [-0.15, -0.1) is 24.8 Å². The lowest BCUT2D eigenvalue weighted by Crippen LogP contribution is -2.47. The standard InChI is InChI=1S/C20H29N3O.2ClH/c24-19(18-8-4-11-21-18)23-13-10-20(16-23)9-5-12-22(15-20)14-17-6-2-1-3-7-17;;/h1-3,6-7,18,21H,4-5,8-16H2;2*1H. The number of carbonyl (C=O) groups is 1. The van der Waals surface area contributed by atoms with Gasteiger partial charge in [0.05, 0.1) is 6.04 Å². The monoisotopic (exact) mass is 399 g/mol. The van der Waals surface area contributed by atoms with Crippen LogP contribution in [0, 0.1) is 5.41 Å². The van der Waals surface area contributed by atoms with E-state index in [0.717, 1.165) is 45.6 Å². The third kappa shape index (κ3) is 4.72. The third-order valence-electron chi connectivity index (χ3n) is 6.10. The van der Waals surface area contributed by atoms with E-state index in [4.69, 9.17) is 0 Å². The Morgan fingerprint density at radius 3 is 2.62 bits per heavy atom. The fourth-order valence-electron chi connectivity index (χ4n) is 4.86. The van der Waals surface area contributed by atoms with Crippen molar-refractivity contribution in [1.29, 1.82) is 0 Å². The topological polar surface area (TPSA) is 35.6 Å². The van der Waals surface area contributed by atoms with E-state index in [0.29, 0.717) is 11.3 Å². The van der Waals surface area contributed by atoms with Crippen molar-refractivity contribution in [2.24, 2.45) is 5.41 Å². The molecule has 146 valence electrons. The van der Waals surface area contributed by atoms with Gasteiger partial charge in [-0.3, -0.25) is 9.69 Å². The minimum Gasteiger partial charge on any atom is -0.341 e. The molecule has 0 bridgehead atoms. The van der Waals surface area contributed by atoms with Crippen LogP contribution in [0.5, 0.6) is 0 Å². The largest absolute Gasteiger partial charge is 0.341 e. The molecule has 0 aliphatic carbocycles. The number of amides is 1. The Balaban J connectivity index is 0.00000121. The molecule has 1 aromatic rings. The van der Waals surface area contributed by atoms with Crippen molar-refractivity contribution in [3.63, 3.8) is 0 Å². The Kier molecular flexibility index (Phi) is 7.77. The van der Waals surface area contributed by atoms with Crippen molar-refractivity contribution < 1.29 is 4.79 Å². The molecular weight excluding hydrogens is 369 g/mol. The second-order valence-corrected chi connectivity index (χ2v) is 7.96. The first-order valence-electron chi connectivity index (χ1n) is 9.53. The van der Waals surface area contributed by atoms with Crippen molar-refractivity contribution in [2.45, 2.75) is 44.7 Å². The third-order valence-corrected chi connectivity index (χ3v) is 6.10. The Labute approximate surface area is 169 Å². The molecule has 1 N–H and O–H groups in total. The fraction of sp³-hybridized carbons (Fsp3) is 0.650. The lowest BCUT2D eigenvalue weighted by atomic mass is 9.79. The van der Waals surface area contributed by atoms with Crippen LogP contribution < -0.4 is 5.32 Å². The van der Waals surface area contributed by atoms with Gasteiger partial charge in [0.1, 0.15) is 0 Å². The van der Waals surface area contributed by atoms with Gasteiger partial charge in [0.25, 0.3) is 0 Å². The van der Waals surface area contributed by atoms with Crippen LogP contribution in [-0.4, -0.2) is 54.5 Å². The molecule has 2 atom stereocenters. The fourth-order valence-corrected chi connectivity index (χ4v) is 4.86. The molecule has 3 aliphatic heterocycles. The van der Waals surface area contributed by atoms with Crippen LogP contribution in [0.2, 0.25) is 0 Å². The number of halogens is 2. The molecule has 6 heteroatoms. The number of likely N-dealkylation sites (tertiary alicyclic amines) is 2. The number of nitrogens with one attached hydrogen (secondary N) is 1. The Morgan fingerprint density at radius 1 is 1.08 bits per heavy atom. The second kappa shape index (κ2) is 9.41. The van der Waals surface area contributed by atoms with E-state index in [-0.39, 0.29) is 30.9 Å². The van der Waals surface area contributed by atoms with Crippen LogP contribution in [0.25, 0.3) is 0 Å². The first-order chi connectivity index (χ1) is 11.7. The molecule has 0 aromatic heterocycles. The Morgan fingerprint density at radius 2 is 1.88 bits per heavy atom. The average molecular weight is 400 g/mol. The highest BCUT2D eigenvalue weighted by atomic mass is 35.5. The summed E-state index contributed by atoms with van der Waals surface area (Å²) in [4.78, 5) is 17.4. The molecule has 4 rings (SSSR count). The van der Waals surface area contributed by atoms with Crippen molar-refractivity contribution in [3.05, 3.63) is 35.9 Å². The molecule has 2 unspecified atom stereocenters. The van der Waals surface area contributed by atoms with E-state index in [1.54, 1.807) is 0 Å². The molecule has 26 heavy (non-hydrogen) atoms. The number of rotatable bonds is 3. The number of carbonyl (C=O) groups excluding carboxylic acids is 1. The highest BCUT2D eigenvalue weighted by Crippen LogP contribution is 2.39. The zero-order valence-corrected chi connectivity index (χ0v) is 17.0. The molecule has 3 saturated heterocycles. The minimum absolute atomic E-state index is 0. The van der Waals surface area contributed by atoms with Gasteiger partial charge in [-0.2, -0.15) is 0 Å². The van der Waals surface area contributed by atoms with E-state index in [1.165, 1.54) is 31.4 Å². The lowest BCUT2D eigenvalue weighted by Gasteiger charge is -2.40. The van der Waals surface area contributed by atoms with Gasteiger partial charge in [-0.05, 0) is 50.8 Å². The first-order valence-corrected chi connectivity index (χ1v) is 9.53.